The second-order valence-electron chi connectivity index (χ2n) is 4.51. The van der Waals surface area contributed by atoms with Gasteiger partial charge in [0.25, 0.3) is 5.91 Å². The Morgan fingerprint density at radius 2 is 2.28 bits per heavy atom. The number of phenolic OH excluding ortho intramolecular Hbond substituents is 1. The van der Waals surface area contributed by atoms with E-state index in [1.807, 2.05) is 11.8 Å². The minimum Gasteiger partial charge on any atom is -0.507 e. The van der Waals surface area contributed by atoms with Gasteiger partial charge in [0.15, 0.2) is 0 Å². The molecule has 1 aliphatic carbocycles. The van der Waals surface area contributed by atoms with Gasteiger partial charge in [-0.2, -0.15) is 11.8 Å². The number of aromatic hydroxyl groups is 1. The Morgan fingerprint density at radius 3 is 2.89 bits per heavy atom. The van der Waals surface area contributed by atoms with Crippen LogP contribution in [0.15, 0.2) is 22.7 Å². The van der Waals surface area contributed by atoms with Gasteiger partial charge in [-0.1, -0.05) is 0 Å². The zero-order valence-electron chi connectivity index (χ0n) is 10.1. The number of carbonyl (C=O) groups excluding carboxylic acids is 1. The van der Waals surface area contributed by atoms with Crippen LogP contribution in [0, 0.1) is 0 Å². The fourth-order valence-electron chi connectivity index (χ4n) is 2.21. The first-order valence-electron chi connectivity index (χ1n) is 5.92. The molecular formula is C13H16BrNO2S. The molecule has 0 aliphatic heterocycles. The maximum atomic E-state index is 12.0. The highest BCUT2D eigenvalue weighted by Crippen LogP contribution is 2.29. The van der Waals surface area contributed by atoms with Crippen molar-refractivity contribution in [2.75, 3.05) is 6.26 Å². The third kappa shape index (κ3) is 3.20. The molecule has 0 radical (unpaired) electrons. The average molecular weight is 330 g/mol. The molecule has 1 saturated carbocycles. The lowest BCUT2D eigenvalue weighted by molar-refractivity contribution is 0.0937. The van der Waals surface area contributed by atoms with Crippen LogP contribution in [0.2, 0.25) is 0 Å². The SMILES string of the molecule is CS[C@@H]1CC[C@H](NC(=O)c2ccc(Br)c(O)c2)C1. The second-order valence-corrected chi connectivity index (χ2v) is 6.50. The first-order valence-corrected chi connectivity index (χ1v) is 8.00. The number of amides is 1. The van der Waals surface area contributed by atoms with Gasteiger partial charge in [0.05, 0.1) is 4.47 Å². The van der Waals surface area contributed by atoms with E-state index in [1.54, 1.807) is 12.1 Å². The summed E-state index contributed by atoms with van der Waals surface area (Å²) in [4.78, 5) is 12.0. The highest BCUT2D eigenvalue weighted by atomic mass is 79.9. The monoisotopic (exact) mass is 329 g/mol. The maximum absolute atomic E-state index is 12.0. The largest absolute Gasteiger partial charge is 0.507 e. The molecule has 0 unspecified atom stereocenters. The smallest absolute Gasteiger partial charge is 0.251 e. The number of nitrogens with one attached hydrogen (secondary N) is 1. The van der Waals surface area contributed by atoms with Gasteiger partial charge in [-0.25, -0.2) is 0 Å². The third-order valence-corrected chi connectivity index (χ3v) is 5.03. The second kappa shape index (κ2) is 5.97. The minimum absolute atomic E-state index is 0.0936. The van der Waals surface area contributed by atoms with Crippen LogP contribution in [0.1, 0.15) is 29.6 Å². The Bertz CT molecular complexity index is 453. The van der Waals surface area contributed by atoms with E-state index in [2.05, 4.69) is 27.5 Å². The number of thioether (sulfide) groups is 1. The van der Waals surface area contributed by atoms with Crippen molar-refractivity contribution in [3.05, 3.63) is 28.2 Å². The summed E-state index contributed by atoms with van der Waals surface area (Å²) in [6.07, 6.45) is 5.36. The summed E-state index contributed by atoms with van der Waals surface area (Å²) >= 11 is 5.07. The number of halogens is 1. The van der Waals surface area contributed by atoms with E-state index in [0.29, 0.717) is 15.3 Å². The van der Waals surface area contributed by atoms with Crippen LogP contribution in [0.3, 0.4) is 0 Å². The first kappa shape index (κ1) is 13.7. The fourth-order valence-corrected chi connectivity index (χ4v) is 3.25. The molecule has 0 saturated heterocycles. The first-order chi connectivity index (χ1) is 8.60. The van der Waals surface area contributed by atoms with E-state index < -0.39 is 0 Å². The van der Waals surface area contributed by atoms with Crippen molar-refractivity contribution in [2.45, 2.75) is 30.6 Å². The molecule has 1 fully saturated rings. The Hall–Kier alpha value is -0.680. The van der Waals surface area contributed by atoms with Crippen LogP contribution in [0.5, 0.6) is 5.75 Å². The zero-order chi connectivity index (χ0) is 13.1. The molecule has 0 aromatic heterocycles. The molecule has 0 spiro atoms. The standard InChI is InChI=1S/C13H16BrNO2S/c1-18-10-4-3-9(7-10)15-13(17)8-2-5-11(14)12(16)6-8/h2,5-6,9-10,16H,3-4,7H2,1H3,(H,15,17)/t9-,10+/m0/s1. The fraction of sp³-hybridized carbons (Fsp3) is 0.462. The van der Waals surface area contributed by atoms with Crippen LogP contribution in [-0.4, -0.2) is 28.6 Å². The van der Waals surface area contributed by atoms with Gasteiger partial charge >= 0.3 is 0 Å². The molecule has 3 nitrogen and oxygen atoms in total. The van der Waals surface area contributed by atoms with E-state index in [-0.39, 0.29) is 17.7 Å². The lowest BCUT2D eigenvalue weighted by Gasteiger charge is -2.13. The molecule has 1 aromatic rings. The quantitative estimate of drug-likeness (QED) is 0.895. The van der Waals surface area contributed by atoms with Gasteiger partial charge in [0.2, 0.25) is 0 Å². The van der Waals surface area contributed by atoms with E-state index in [4.69, 9.17) is 0 Å². The molecule has 2 atom stereocenters. The van der Waals surface area contributed by atoms with Gasteiger partial charge in [0.1, 0.15) is 5.75 Å². The molecule has 18 heavy (non-hydrogen) atoms. The molecule has 98 valence electrons. The van der Waals surface area contributed by atoms with Gasteiger partial charge in [-0.15, -0.1) is 0 Å². The Labute approximate surface area is 119 Å². The Balaban J connectivity index is 1.97. The summed E-state index contributed by atoms with van der Waals surface area (Å²) in [5.41, 5.74) is 0.503. The summed E-state index contributed by atoms with van der Waals surface area (Å²) in [7, 11) is 0. The van der Waals surface area contributed by atoms with E-state index in [1.165, 1.54) is 6.07 Å². The summed E-state index contributed by atoms with van der Waals surface area (Å²) in [6.45, 7) is 0. The highest BCUT2D eigenvalue weighted by Gasteiger charge is 2.25. The summed E-state index contributed by atoms with van der Waals surface area (Å²) in [5.74, 6) is -0.0133. The number of hydrogen-bond acceptors (Lipinski definition) is 3. The zero-order valence-corrected chi connectivity index (χ0v) is 12.6. The predicted molar refractivity (Wildman–Crippen MR) is 78.2 cm³/mol. The Morgan fingerprint density at radius 1 is 1.50 bits per heavy atom. The summed E-state index contributed by atoms with van der Waals surface area (Å²) in [6, 6.07) is 5.14. The number of carbonyl (C=O) groups is 1. The lowest BCUT2D eigenvalue weighted by atomic mass is 10.1. The van der Waals surface area contributed by atoms with Gasteiger partial charge in [0, 0.05) is 16.9 Å². The average Bonchev–Trinajstić information content (AvgIpc) is 2.80. The molecular weight excluding hydrogens is 314 g/mol. The molecule has 5 heteroatoms. The Kier molecular flexibility index (Phi) is 4.56. The van der Waals surface area contributed by atoms with Crippen LogP contribution >= 0.6 is 27.7 Å². The molecule has 2 rings (SSSR count). The van der Waals surface area contributed by atoms with Crippen LogP contribution < -0.4 is 5.32 Å². The van der Waals surface area contributed by atoms with Crippen LogP contribution in [0.4, 0.5) is 0 Å². The van der Waals surface area contributed by atoms with E-state index in [9.17, 15) is 9.90 Å². The van der Waals surface area contributed by atoms with Gasteiger partial charge in [-0.05, 0) is 59.6 Å². The number of rotatable bonds is 3. The topological polar surface area (TPSA) is 49.3 Å². The van der Waals surface area contributed by atoms with E-state index >= 15 is 0 Å². The lowest BCUT2D eigenvalue weighted by Crippen LogP contribution is -2.33. The molecule has 0 heterocycles. The maximum Gasteiger partial charge on any atom is 0.251 e. The number of hydrogen-bond donors (Lipinski definition) is 2. The van der Waals surface area contributed by atoms with Crippen molar-refractivity contribution in [3.8, 4) is 5.75 Å². The molecule has 1 aliphatic rings. The minimum atomic E-state index is -0.107. The molecule has 0 bridgehead atoms. The van der Waals surface area contributed by atoms with Crippen molar-refractivity contribution >= 4 is 33.6 Å². The van der Waals surface area contributed by atoms with Crippen LogP contribution in [-0.2, 0) is 0 Å². The number of phenols is 1. The van der Waals surface area contributed by atoms with Crippen molar-refractivity contribution in [1.82, 2.24) is 5.32 Å². The number of benzene rings is 1. The summed E-state index contributed by atoms with van der Waals surface area (Å²) < 4.78 is 0.599. The molecule has 2 N–H and O–H groups in total. The van der Waals surface area contributed by atoms with Gasteiger partial charge < -0.3 is 10.4 Å². The predicted octanol–water partition coefficient (Wildman–Crippen LogP) is 3.17. The summed E-state index contributed by atoms with van der Waals surface area (Å²) in [5, 5.41) is 13.2. The van der Waals surface area contributed by atoms with Crippen molar-refractivity contribution in [3.63, 3.8) is 0 Å². The van der Waals surface area contributed by atoms with E-state index in [0.717, 1.165) is 19.3 Å². The highest BCUT2D eigenvalue weighted by molar-refractivity contribution is 9.10. The molecule has 1 amide bonds. The normalized spacial score (nSPS) is 23.0. The third-order valence-electron chi connectivity index (χ3n) is 3.26. The van der Waals surface area contributed by atoms with Crippen molar-refractivity contribution < 1.29 is 9.90 Å². The van der Waals surface area contributed by atoms with Gasteiger partial charge in [-0.3, -0.25) is 4.79 Å². The van der Waals surface area contributed by atoms with Crippen molar-refractivity contribution in [1.29, 1.82) is 0 Å². The van der Waals surface area contributed by atoms with Crippen LogP contribution in [0.25, 0.3) is 0 Å². The molecule has 1 aromatic carbocycles. The van der Waals surface area contributed by atoms with Crippen molar-refractivity contribution in [2.24, 2.45) is 0 Å².